The van der Waals surface area contributed by atoms with E-state index in [2.05, 4.69) is 5.32 Å². The van der Waals surface area contributed by atoms with Crippen LogP contribution in [0, 0.1) is 23.0 Å². The Kier molecular flexibility index (Phi) is 7.92. The first-order valence-corrected chi connectivity index (χ1v) is 13.1. The fraction of sp³-hybridized carbons (Fsp3) is 0.129. The molecular formula is C31H19ClF5N3O4. The zero-order valence-corrected chi connectivity index (χ0v) is 23.2. The lowest BCUT2D eigenvalue weighted by atomic mass is 9.93. The van der Waals surface area contributed by atoms with Gasteiger partial charge >= 0.3 is 6.18 Å². The number of aromatic hydroxyl groups is 1. The lowest BCUT2D eigenvalue weighted by molar-refractivity contribution is -0.137. The molecule has 1 unspecified atom stereocenters. The van der Waals surface area contributed by atoms with Gasteiger partial charge in [-0.3, -0.25) is 9.59 Å². The summed E-state index contributed by atoms with van der Waals surface area (Å²) in [5, 5.41) is 23.0. The number of carbonyl (C=O) groups is 2. The van der Waals surface area contributed by atoms with Crippen molar-refractivity contribution in [2.45, 2.75) is 18.8 Å². The van der Waals surface area contributed by atoms with Crippen LogP contribution < -0.4 is 10.1 Å². The van der Waals surface area contributed by atoms with Crippen LogP contribution in [-0.4, -0.2) is 28.9 Å². The molecule has 0 bridgehead atoms. The maximum atomic E-state index is 14.5. The van der Waals surface area contributed by atoms with Crippen molar-refractivity contribution in [1.29, 1.82) is 5.26 Å². The van der Waals surface area contributed by atoms with Gasteiger partial charge in [0.2, 0.25) is 0 Å². The largest absolute Gasteiger partial charge is 0.506 e. The third-order valence-corrected chi connectivity index (χ3v) is 7.36. The van der Waals surface area contributed by atoms with Gasteiger partial charge in [-0.1, -0.05) is 23.7 Å². The van der Waals surface area contributed by atoms with Gasteiger partial charge in [-0.25, -0.2) is 8.78 Å². The van der Waals surface area contributed by atoms with Gasteiger partial charge in [-0.15, -0.1) is 0 Å². The van der Waals surface area contributed by atoms with Gasteiger partial charge < -0.3 is 20.1 Å². The second-order valence-electron chi connectivity index (χ2n) is 9.75. The quantitative estimate of drug-likeness (QED) is 0.174. The summed E-state index contributed by atoms with van der Waals surface area (Å²) in [7, 11) is 1.47. The minimum absolute atomic E-state index is 0.0119. The zero-order chi connectivity index (χ0) is 31.9. The smallest absolute Gasteiger partial charge is 0.416 e. The second kappa shape index (κ2) is 11.5. The Morgan fingerprint density at radius 1 is 1.07 bits per heavy atom. The number of carbonyl (C=O) groups excluding carboxylic acids is 2. The van der Waals surface area contributed by atoms with Crippen LogP contribution in [0.15, 0.2) is 66.7 Å². The molecule has 1 heterocycles. The lowest BCUT2D eigenvalue weighted by Gasteiger charge is -2.28. The third kappa shape index (κ3) is 5.61. The maximum absolute atomic E-state index is 14.5. The summed E-state index contributed by atoms with van der Waals surface area (Å²) < 4.78 is 73.8. The molecule has 13 heteroatoms. The Hall–Kier alpha value is -5.15. The zero-order valence-electron chi connectivity index (χ0n) is 22.5. The van der Waals surface area contributed by atoms with Gasteiger partial charge in [0.25, 0.3) is 11.8 Å². The number of alkyl halides is 3. The number of ether oxygens (including phenoxy) is 1. The first-order valence-electron chi connectivity index (χ1n) is 12.7. The van der Waals surface area contributed by atoms with Gasteiger partial charge in [0.05, 0.1) is 29.8 Å². The molecule has 0 spiro atoms. The molecule has 7 nitrogen and oxygen atoms in total. The summed E-state index contributed by atoms with van der Waals surface area (Å²) in [6.07, 6.45) is -4.96. The Morgan fingerprint density at radius 2 is 1.77 bits per heavy atom. The SMILES string of the molecule is COc1ccc(CN2C(=O)c3c(O)c(C#N)cc(NC(=O)c4cc(F)cc(C(F)(F)F)c4)c3C2c2cc(F)ccc2Cl)cc1. The van der Waals surface area contributed by atoms with Crippen molar-refractivity contribution in [3.05, 3.63) is 122 Å². The Morgan fingerprint density at radius 3 is 2.41 bits per heavy atom. The van der Waals surface area contributed by atoms with E-state index in [1.165, 1.54) is 18.1 Å². The summed E-state index contributed by atoms with van der Waals surface area (Å²) in [6, 6.07) is 12.7. The first kappa shape index (κ1) is 30.3. The number of fused-ring (bicyclic) bond motifs is 1. The lowest BCUT2D eigenvalue weighted by Crippen LogP contribution is -2.28. The highest BCUT2D eigenvalue weighted by Crippen LogP contribution is 2.49. The maximum Gasteiger partial charge on any atom is 0.416 e. The molecule has 224 valence electrons. The summed E-state index contributed by atoms with van der Waals surface area (Å²) >= 11 is 6.46. The Bertz CT molecular complexity index is 1860. The van der Waals surface area contributed by atoms with E-state index < -0.39 is 63.7 Å². The molecule has 0 aliphatic carbocycles. The van der Waals surface area contributed by atoms with Crippen LogP contribution in [0.5, 0.6) is 11.5 Å². The van der Waals surface area contributed by atoms with E-state index in [0.717, 1.165) is 18.2 Å². The number of methoxy groups -OCH3 is 1. The van der Waals surface area contributed by atoms with Gasteiger partial charge in [-0.2, -0.15) is 18.4 Å². The number of anilines is 1. The molecule has 0 radical (unpaired) electrons. The van der Waals surface area contributed by atoms with Crippen molar-refractivity contribution >= 4 is 29.1 Å². The number of hydrogen-bond acceptors (Lipinski definition) is 5. The molecule has 0 saturated carbocycles. The summed E-state index contributed by atoms with van der Waals surface area (Å²) in [6.45, 7) is -0.122. The molecule has 2 N–H and O–H groups in total. The van der Waals surface area contributed by atoms with Gasteiger partial charge in [0.15, 0.2) is 0 Å². The number of hydrogen-bond donors (Lipinski definition) is 2. The molecule has 0 saturated heterocycles. The van der Waals surface area contributed by atoms with Crippen LogP contribution in [-0.2, 0) is 12.7 Å². The highest BCUT2D eigenvalue weighted by molar-refractivity contribution is 6.31. The summed E-state index contributed by atoms with van der Waals surface area (Å²) in [5.41, 5.74) is -2.72. The van der Waals surface area contributed by atoms with E-state index >= 15 is 0 Å². The normalized spacial score (nSPS) is 14.3. The molecule has 2 amide bonds. The number of rotatable bonds is 6. The molecule has 0 aromatic heterocycles. The molecule has 0 fully saturated rings. The number of nitrogens with one attached hydrogen (secondary N) is 1. The average molecular weight is 628 g/mol. The Labute approximate surface area is 251 Å². The fourth-order valence-electron chi connectivity index (χ4n) is 5.01. The van der Waals surface area contributed by atoms with E-state index in [0.29, 0.717) is 23.4 Å². The van der Waals surface area contributed by atoms with E-state index in [4.69, 9.17) is 16.3 Å². The van der Waals surface area contributed by atoms with E-state index in [9.17, 15) is 41.9 Å². The van der Waals surface area contributed by atoms with Crippen LogP contribution >= 0.6 is 11.6 Å². The van der Waals surface area contributed by atoms with Crippen molar-refractivity contribution in [3.8, 4) is 17.6 Å². The predicted molar refractivity (Wildman–Crippen MR) is 148 cm³/mol. The summed E-state index contributed by atoms with van der Waals surface area (Å²) in [5.74, 6) is -4.28. The predicted octanol–water partition coefficient (Wildman–Crippen LogP) is 7.22. The van der Waals surface area contributed by atoms with Crippen molar-refractivity contribution in [1.82, 2.24) is 4.90 Å². The minimum atomic E-state index is -4.96. The monoisotopic (exact) mass is 627 g/mol. The van der Waals surface area contributed by atoms with E-state index in [1.54, 1.807) is 30.3 Å². The van der Waals surface area contributed by atoms with Crippen molar-refractivity contribution in [2.24, 2.45) is 0 Å². The molecule has 1 atom stereocenters. The van der Waals surface area contributed by atoms with Gasteiger partial charge in [0, 0.05) is 33.9 Å². The van der Waals surface area contributed by atoms with Crippen molar-refractivity contribution < 1.29 is 41.4 Å². The first-order chi connectivity index (χ1) is 20.8. The number of nitrogens with zero attached hydrogens (tertiary/aromatic N) is 2. The Balaban J connectivity index is 1.69. The second-order valence-corrected chi connectivity index (χ2v) is 10.2. The van der Waals surface area contributed by atoms with Gasteiger partial charge in [0.1, 0.15) is 29.2 Å². The molecule has 1 aliphatic rings. The number of phenols is 1. The van der Waals surface area contributed by atoms with Crippen LogP contribution in [0.1, 0.15) is 54.6 Å². The minimum Gasteiger partial charge on any atom is -0.506 e. The van der Waals surface area contributed by atoms with Crippen LogP contribution in [0.2, 0.25) is 5.02 Å². The number of nitriles is 1. The fourth-order valence-corrected chi connectivity index (χ4v) is 5.23. The van der Waals surface area contributed by atoms with E-state index in [1.807, 2.05) is 0 Å². The van der Waals surface area contributed by atoms with Crippen LogP contribution in [0.4, 0.5) is 27.6 Å². The topological polar surface area (TPSA) is 103 Å². The molecule has 4 aromatic carbocycles. The van der Waals surface area contributed by atoms with Crippen LogP contribution in [0.3, 0.4) is 0 Å². The standard InChI is InChI=1S/C31H19ClF5N3O4/c1-44-21-5-2-15(3-6-21)14-40-27(22-12-19(33)4-7-23(22)32)25-24(10-17(13-38)28(41)26(25)30(40)43)39-29(42)16-8-18(31(35,36)37)11-20(34)9-16/h2-12,27,41H,14H2,1H3,(H,39,42). The third-order valence-electron chi connectivity index (χ3n) is 7.02. The number of halogens is 6. The number of phenolic OH excluding ortho intramolecular Hbond substituents is 1. The highest BCUT2D eigenvalue weighted by Gasteiger charge is 2.44. The molecule has 1 aliphatic heterocycles. The molecule has 44 heavy (non-hydrogen) atoms. The van der Waals surface area contributed by atoms with Crippen LogP contribution in [0.25, 0.3) is 0 Å². The van der Waals surface area contributed by atoms with E-state index in [-0.39, 0.29) is 34.4 Å². The van der Waals surface area contributed by atoms with Crippen molar-refractivity contribution in [2.75, 3.05) is 12.4 Å². The number of amides is 2. The number of benzene rings is 4. The highest BCUT2D eigenvalue weighted by atomic mass is 35.5. The van der Waals surface area contributed by atoms with Gasteiger partial charge in [-0.05, 0) is 60.2 Å². The average Bonchev–Trinajstić information content (AvgIpc) is 3.27. The molecular weight excluding hydrogens is 609 g/mol. The summed E-state index contributed by atoms with van der Waals surface area (Å²) in [4.78, 5) is 28.4. The molecule has 5 rings (SSSR count). The molecule has 4 aromatic rings. The van der Waals surface area contributed by atoms with Crippen molar-refractivity contribution in [3.63, 3.8) is 0 Å².